The number of carbonyl (C=O) groups excluding carboxylic acids is 1. The molecule has 0 aliphatic rings. The van der Waals surface area contributed by atoms with Gasteiger partial charge in [-0.2, -0.15) is 13.2 Å². The van der Waals surface area contributed by atoms with Crippen molar-refractivity contribution in [3.63, 3.8) is 0 Å². The van der Waals surface area contributed by atoms with E-state index in [0.717, 1.165) is 12.1 Å². The minimum atomic E-state index is -4.50. The van der Waals surface area contributed by atoms with Crippen molar-refractivity contribution in [3.05, 3.63) is 95.6 Å². The van der Waals surface area contributed by atoms with Crippen molar-refractivity contribution in [2.24, 2.45) is 0 Å². The number of alkyl halides is 3. The maximum atomic E-state index is 12.9. The fourth-order valence-corrected chi connectivity index (χ4v) is 2.86. The number of rotatable bonds is 6. The summed E-state index contributed by atoms with van der Waals surface area (Å²) in [6, 6.07) is 19.4. The Kier molecular flexibility index (Phi) is 6.19. The molecular formula is C22H19F3N2O2. The summed E-state index contributed by atoms with van der Waals surface area (Å²) in [7, 11) is 0. The number of aliphatic hydroxyl groups excluding tert-OH is 1. The van der Waals surface area contributed by atoms with E-state index in [1.165, 1.54) is 12.1 Å². The summed E-state index contributed by atoms with van der Waals surface area (Å²) in [5, 5.41) is 15.0. The lowest BCUT2D eigenvalue weighted by Crippen LogP contribution is -2.27. The van der Waals surface area contributed by atoms with E-state index >= 15 is 0 Å². The van der Waals surface area contributed by atoms with Crippen molar-refractivity contribution < 1.29 is 23.1 Å². The summed E-state index contributed by atoms with van der Waals surface area (Å²) in [5.74, 6) is -0.509. The maximum Gasteiger partial charge on any atom is 0.416 e. The molecular weight excluding hydrogens is 381 g/mol. The van der Waals surface area contributed by atoms with E-state index in [2.05, 4.69) is 10.6 Å². The van der Waals surface area contributed by atoms with Crippen LogP contribution in [-0.2, 0) is 17.6 Å². The predicted molar refractivity (Wildman–Crippen MR) is 105 cm³/mol. The van der Waals surface area contributed by atoms with Crippen molar-refractivity contribution in [2.45, 2.75) is 18.8 Å². The third-order valence-electron chi connectivity index (χ3n) is 4.27. The number of halogens is 3. The molecule has 3 rings (SSSR count). The van der Waals surface area contributed by atoms with E-state index in [9.17, 15) is 23.1 Å². The Morgan fingerprint density at radius 1 is 0.897 bits per heavy atom. The zero-order valence-electron chi connectivity index (χ0n) is 15.3. The molecule has 0 aliphatic carbocycles. The van der Waals surface area contributed by atoms with Crippen molar-refractivity contribution in [1.82, 2.24) is 0 Å². The molecule has 3 aromatic rings. The van der Waals surface area contributed by atoms with Gasteiger partial charge in [-0.25, -0.2) is 0 Å². The molecule has 0 fully saturated rings. The number of carbonyl (C=O) groups is 1. The largest absolute Gasteiger partial charge is 0.416 e. The summed E-state index contributed by atoms with van der Waals surface area (Å²) in [5.41, 5.74) is 1.13. The van der Waals surface area contributed by atoms with Crippen molar-refractivity contribution >= 4 is 17.3 Å². The Morgan fingerprint density at radius 3 is 2.28 bits per heavy atom. The summed E-state index contributed by atoms with van der Waals surface area (Å²) < 4.78 is 38.8. The molecule has 4 nitrogen and oxygen atoms in total. The van der Waals surface area contributed by atoms with Crippen LogP contribution in [0.5, 0.6) is 0 Å². The molecule has 29 heavy (non-hydrogen) atoms. The van der Waals surface area contributed by atoms with Crippen LogP contribution in [0.25, 0.3) is 0 Å². The van der Waals surface area contributed by atoms with E-state index < -0.39 is 23.7 Å². The molecule has 1 amide bonds. The SMILES string of the molecule is O=C(Nc1cccc(C(F)(F)F)c1)C(Nc1cccc(CO)c1)c1ccccc1. The monoisotopic (exact) mass is 400 g/mol. The lowest BCUT2D eigenvalue weighted by Gasteiger charge is -2.21. The van der Waals surface area contributed by atoms with Gasteiger partial charge in [0, 0.05) is 11.4 Å². The molecule has 7 heteroatoms. The quantitative estimate of drug-likeness (QED) is 0.546. The van der Waals surface area contributed by atoms with Crippen LogP contribution in [0.15, 0.2) is 78.9 Å². The predicted octanol–water partition coefficient (Wildman–Crippen LogP) is 4.99. The van der Waals surface area contributed by atoms with E-state index in [1.807, 2.05) is 0 Å². The zero-order valence-corrected chi connectivity index (χ0v) is 15.3. The number of benzene rings is 3. The van der Waals surface area contributed by atoms with E-state index in [4.69, 9.17) is 0 Å². The van der Waals surface area contributed by atoms with Gasteiger partial charge in [0.1, 0.15) is 6.04 Å². The first-order valence-electron chi connectivity index (χ1n) is 8.86. The summed E-state index contributed by atoms with van der Waals surface area (Å²) in [4.78, 5) is 12.9. The van der Waals surface area contributed by atoms with E-state index in [1.54, 1.807) is 54.6 Å². The smallest absolute Gasteiger partial charge is 0.392 e. The van der Waals surface area contributed by atoms with Crippen LogP contribution >= 0.6 is 0 Å². The van der Waals surface area contributed by atoms with Crippen molar-refractivity contribution in [1.29, 1.82) is 0 Å². The van der Waals surface area contributed by atoms with Gasteiger partial charge in [0.25, 0.3) is 5.91 Å². The molecule has 0 saturated carbocycles. The average molecular weight is 400 g/mol. The van der Waals surface area contributed by atoms with Crippen molar-refractivity contribution in [3.8, 4) is 0 Å². The zero-order chi connectivity index (χ0) is 20.9. The highest BCUT2D eigenvalue weighted by atomic mass is 19.4. The van der Waals surface area contributed by atoms with Crippen LogP contribution in [0.1, 0.15) is 22.7 Å². The lowest BCUT2D eigenvalue weighted by atomic mass is 10.0. The van der Waals surface area contributed by atoms with Gasteiger partial charge >= 0.3 is 6.18 Å². The van der Waals surface area contributed by atoms with Crippen LogP contribution in [0, 0.1) is 0 Å². The van der Waals surface area contributed by atoms with Gasteiger partial charge in [0.05, 0.1) is 12.2 Å². The summed E-state index contributed by atoms with van der Waals surface area (Å²) in [6.07, 6.45) is -4.50. The normalized spacial score (nSPS) is 12.3. The minimum absolute atomic E-state index is 0.0525. The fraction of sp³-hybridized carbons (Fsp3) is 0.136. The number of anilines is 2. The standard InChI is InChI=1S/C22H19F3N2O2/c23-22(24,25)17-9-5-11-19(13-17)27-21(29)20(16-7-2-1-3-8-16)26-18-10-4-6-15(12-18)14-28/h1-13,20,26,28H,14H2,(H,27,29). The molecule has 150 valence electrons. The molecule has 0 bridgehead atoms. The second-order valence-electron chi connectivity index (χ2n) is 6.41. The van der Waals surface area contributed by atoms with Gasteiger partial charge in [0.15, 0.2) is 0 Å². The average Bonchev–Trinajstić information content (AvgIpc) is 2.72. The van der Waals surface area contributed by atoms with Gasteiger partial charge in [0.2, 0.25) is 0 Å². The first-order valence-corrected chi connectivity index (χ1v) is 8.86. The fourth-order valence-electron chi connectivity index (χ4n) is 2.86. The Bertz CT molecular complexity index is 975. The molecule has 1 atom stereocenters. The molecule has 0 radical (unpaired) electrons. The molecule has 0 saturated heterocycles. The molecule has 0 heterocycles. The number of amides is 1. The Labute approximate surface area is 166 Å². The number of hydrogen-bond donors (Lipinski definition) is 3. The number of nitrogens with one attached hydrogen (secondary N) is 2. The number of aliphatic hydroxyl groups is 1. The summed E-state index contributed by atoms with van der Waals surface area (Å²) >= 11 is 0. The maximum absolute atomic E-state index is 12.9. The van der Waals surface area contributed by atoms with Crippen LogP contribution in [0.2, 0.25) is 0 Å². The first-order chi connectivity index (χ1) is 13.9. The molecule has 3 N–H and O–H groups in total. The van der Waals surface area contributed by atoms with Crippen LogP contribution in [-0.4, -0.2) is 11.0 Å². The van der Waals surface area contributed by atoms with E-state index in [-0.39, 0.29) is 12.3 Å². The van der Waals surface area contributed by atoms with Crippen LogP contribution in [0.3, 0.4) is 0 Å². The van der Waals surface area contributed by atoms with E-state index in [0.29, 0.717) is 16.8 Å². The van der Waals surface area contributed by atoms with Crippen LogP contribution < -0.4 is 10.6 Å². The highest BCUT2D eigenvalue weighted by Crippen LogP contribution is 2.31. The minimum Gasteiger partial charge on any atom is -0.392 e. The molecule has 0 spiro atoms. The van der Waals surface area contributed by atoms with Crippen molar-refractivity contribution in [2.75, 3.05) is 10.6 Å². The lowest BCUT2D eigenvalue weighted by molar-refractivity contribution is -0.137. The molecule has 0 aromatic heterocycles. The van der Waals surface area contributed by atoms with Gasteiger partial charge in [-0.15, -0.1) is 0 Å². The first kappa shape index (κ1) is 20.4. The molecule has 1 unspecified atom stereocenters. The topological polar surface area (TPSA) is 61.4 Å². The Morgan fingerprint density at radius 2 is 1.59 bits per heavy atom. The second kappa shape index (κ2) is 8.79. The van der Waals surface area contributed by atoms with Gasteiger partial charge in [-0.1, -0.05) is 48.5 Å². The second-order valence-corrected chi connectivity index (χ2v) is 6.41. The Balaban J connectivity index is 1.87. The van der Waals surface area contributed by atoms with Gasteiger partial charge < -0.3 is 15.7 Å². The third kappa shape index (κ3) is 5.36. The highest BCUT2D eigenvalue weighted by Gasteiger charge is 2.30. The van der Waals surface area contributed by atoms with Gasteiger partial charge in [-0.3, -0.25) is 4.79 Å². The Hall–Kier alpha value is -3.32. The summed E-state index contributed by atoms with van der Waals surface area (Å²) in [6.45, 7) is -0.151. The van der Waals surface area contributed by atoms with Crippen LogP contribution in [0.4, 0.5) is 24.5 Å². The molecule has 0 aliphatic heterocycles. The highest BCUT2D eigenvalue weighted by molar-refractivity contribution is 5.97. The third-order valence-corrected chi connectivity index (χ3v) is 4.27. The number of hydrogen-bond acceptors (Lipinski definition) is 3. The molecule has 3 aromatic carbocycles. The van der Waals surface area contributed by atoms with Gasteiger partial charge in [-0.05, 0) is 41.5 Å².